The summed E-state index contributed by atoms with van der Waals surface area (Å²) >= 11 is 3.30. The number of hydrogen-bond donors (Lipinski definition) is 1. The topological polar surface area (TPSA) is 64.4 Å². The number of nitrogens with one attached hydrogen (secondary N) is 1. The zero-order valence-electron chi connectivity index (χ0n) is 10.8. The van der Waals surface area contributed by atoms with E-state index >= 15 is 0 Å². The van der Waals surface area contributed by atoms with Crippen LogP contribution in [0.25, 0.3) is 0 Å². The monoisotopic (exact) mass is 328 g/mol. The standard InChI is InChI=1S/C13H17BrN2O3/c1-9(13-3-2-4-19-13)15-8-10-5-11(14)7-12(6-10)16(17)18/h5-7,9,13,15H,2-4,8H2,1H3. The van der Waals surface area contributed by atoms with Crippen LogP contribution in [0.3, 0.4) is 0 Å². The molecule has 0 spiro atoms. The number of rotatable bonds is 5. The van der Waals surface area contributed by atoms with Crippen molar-refractivity contribution in [1.82, 2.24) is 5.32 Å². The highest BCUT2D eigenvalue weighted by molar-refractivity contribution is 9.10. The summed E-state index contributed by atoms with van der Waals surface area (Å²) in [5.41, 5.74) is 1.00. The zero-order chi connectivity index (χ0) is 13.8. The quantitative estimate of drug-likeness (QED) is 0.666. The Labute approximate surface area is 120 Å². The molecule has 1 heterocycles. The lowest BCUT2D eigenvalue weighted by molar-refractivity contribution is -0.385. The largest absolute Gasteiger partial charge is 0.377 e. The molecule has 104 valence electrons. The first kappa shape index (κ1) is 14.4. The Morgan fingerprint density at radius 3 is 3.00 bits per heavy atom. The molecule has 1 fully saturated rings. The number of ether oxygens (including phenoxy) is 1. The molecular formula is C13H17BrN2O3. The van der Waals surface area contributed by atoms with Crippen LogP contribution in [0.2, 0.25) is 0 Å². The number of non-ortho nitro benzene ring substituents is 1. The molecule has 5 nitrogen and oxygen atoms in total. The maximum Gasteiger partial charge on any atom is 0.270 e. The number of hydrogen-bond acceptors (Lipinski definition) is 4. The minimum absolute atomic E-state index is 0.107. The molecule has 19 heavy (non-hydrogen) atoms. The van der Waals surface area contributed by atoms with Crippen LogP contribution < -0.4 is 5.32 Å². The fourth-order valence-electron chi connectivity index (χ4n) is 2.25. The van der Waals surface area contributed by atoms with E-state index in [1.165, 1.54) is 6.07 Å². The van der Waals surface area contributed by atoms with Crippen molar-refractivity contribution in [2.75, 3.05) is 6.61 Å². The van der Waals surface area contributed by atoms with Crippen molar-refractivity contribution < 1.29 is 9.66 Å². The summed E-state index contributed by atoms with van der Waals surface area (Å²) < 4.78 is 6.33. The summed E-state index contributed by atoms with van der Waals surface area (Å²) in [5, 5.41) is 14.2. The second kappa shape index (κ2) is 6.45. The van der Waals surface area contributed by atoms with Crippen LogP contribution in [0.5, 0.6) is 0 Å². The molecule has 0 saturated carbocycles. The third-order valence-corrected chi connectivity index (χ3v) is 3.76. The minimum atomic E-state index is -0.377. The Morgan fingerprint density at radius 1 is 1.58 bits per heavy atom. The van der Waals surface area contributed by atoms with E-state index in [1.54, 1.807) is 6.07 Å². The summed E-state index contributed by atoms with van der Waals surface area (Å²) in [7, 11) is 0. The maximum absolute atomic E-state index is 10.8. The van der Waals surface area contributed by atoms with Gasteiger partial charge in [0.25, 0.3) is 5.69 Å². The Balaban J connectivity index is 1.96. The first-order valence-electron chi connectivity index (χ1n) is 6.35. The smallest absolute Gasteiger partial charge is 0.270 e. The molecular weight excluding hydrogens is 312 g/mol. The number of benzene rings is 1. The normalized spacial score (nSPS) is 20.4. The number of nitro groups is 1. The summed E-state index contributed by atoms with van der Waals surface area (Å²) in [5.74, 6) is 0. The zero-order valence-corrected chi connectivity index (χ0v) is 12.4. The second-order valence-electron chi connectivity index (χ2n) is 4.80. The van der Waals surface area contributed by atoms with Crippen molar-refractivity contribution in [3.8, 4) is 0 Å². The molecule has 1 aliphatic rings. The molecule has 1 aliphatic heterocycles. The molecule has 6 heteroatoms. The van der Waals surface area contributed by atoms with Gasteiger partial charge in [-0.3, -0.25) is 10.1 Å². The van der Waals surface area contributed by atoms with Crippen LogP contribution in [-0.4, -0.2) is 23.7 Å². The summed E-state index contributed by atoms with van der Waals surface area (Å²) in [6.07, 6.45) is 2.44. The Bertz CT molecular complexity index is 461. The van der Waals surface area contributed by atoms with E-state index in [0.717, 1.165) is 29.5 Å². The molecule has 0 aromatic heterocycles. The molecule has 1 saturated heterocycles. The first-order valence-corrected chi connectivity index (χ1v) is 7.14. The minimum Gasteiger partial charge on any atom is -0.377 e. The molecule has 1 aromatic carbocycles. The van der Waals surface area contributed by atoms with E-state index in [4.69, 9.17) is 4.74 Å². The summed E-state index contributed by atoms with van der Waals surface area (Å²) in [6.45, 7) is 3.52. The fourth-order valence-corrected chi connectivity index (χ4v) is 2.78. The van der Waals surface area contributed by atoms with Crippen molar-refractivity contribution in [3.63, 3.8) is 0 Å². The molecule has 0 radical (unpaired) electrons. The summed E-state index contributed by atoms with van der Waals surface area (Å²) in [4.78, 5) is 10.4. The Hall–Kier alpha value is -0.980. The van der Waals surface area contributed by atoms with Crippen molar-refractivity contribution in [2.24, 2.45) is 0 Å². The van der Waals surface area contributed by atoms with Gasteiger partial charge in [-0.25, -0.2) is 0 Å². The lowest BCUT2D eigenvalue weighted by Gasteiger charge is -2.20. The predicted molar refractivity (Wildman–Crippen MR) is 76.1 cm³/mol. The van der Waals surface area contributed by atoms with Gasteiger partial charge < -0.3 is 10.1 Å². The van der Waals surface area contributed by atoms with Crippen LogP contribution >= 0.6 is 15.9 Å². The molecule has 2 atom stereocenters. The summed E-state index contributed by atoms with van der Waals surface area (Å²) in [6, 6.07) is 5.25. The third kappa shape index (κ3) is 3.99. The van der Waals surface area contributed by atoms with Gasteiger partial charge in [-0.2, -0.15) is 0 Å². The number of nitro benzene ring substituents is 1. The van der Waals surface area contributed by atoms with Gasteiger partial charge in [0, 0.05) is 35.8 Å². The van der Waals surface area contributed by atoms with Gasteiger partial charge in [0.2, 0.25) is 0 Å². The lowest BCUT2D eigenvalue weighted by Crippen LogP contribution is -2.36. The highest BCUT2D eigenvalue weighted by Crippen LogP contribution is 2.22. The first-order chi connectivity index (χ1) is 9.06. The molecule has 1 N–H and O–H groups in total. The van der Waals surface area contributed by atoms with E-state index in [9.17, 15) is 10.1 Å². The van der Waals surface area contributed by atoms with E-state index in [-0.39, 0.29) is 22.8 Å². The van der Waals surface area contributed by atoms with E-state index in [0.29, 0.717) is 6.54 Å². The average molecular weight is 329 g/mol. The van der Waals surface area contributed by atoms with E-state index < -0.39 is 0 Å². The van der Waals surface area contributed by atoms with Crippen LogP contribution in [0.4, 0.5) is 5.69 Å². The number of nitrogens with zero attached hydrogens (tertiary/aromatic N) is 1. The van der Waals surface area contributed by atoms with Gasteiger partial charge in [-0.15, -0.1) is 0 Å². The van der Waals surface area contributed by atoms with Crippen molar-refractivity contribution >= 4 is 21.6 Å². The fraction of sp³-hybridized carbons (Fsp3) is 0.538. The predicted octanol–water partition coefficient (Wildman–Crippen LogP) is 3.01. The van der Waals surface area contributed by atoms with Crippen LogP contribution in [-0.2, 0) is 11.3 Å². The molecule has 2 rings (SSSR count). The average Bonchev–Trinajstić information content (AvgIpc) is 2.89. The molecule has 0 aliphatic carbocycles. The lowest BCUT2D eigenvalue weighted by atomic mass is 10.1. The van der Waals surface area contributed by atoms with Gasteiger partial charge >= 0.3 is 0 Å². The third-order valence-electron chi connectivity index (χ3n) is 3.30. The van der Waals surface area contributed by atoms with Crippen molar-refractivity contribution in [2.45, 2.75) is 38.5 Å². The highest BCUT2D eigenvalue weighted by Gasteiger charge is 2.21. The van der Waals surface area contributed by atoms with Gasteiger partial charge in [-0.1, -0.05) is 15.9 Å². The van der Waals surface area contributed by atoms with Crippen molar-refractivity contribution in [1.29, 1.82) is 0 Å². The van der Waals surface area contributed by atoms with E-state index in [1.807, 2.05) is 6.07 Å². The highest BCUT2D eigenvalue weighted by atomic mass is 79.9. The molecule has 1 aromatic rings. The SMILES string of the molecule is CC(NCc1cc(Br)cc([N+](=O)[O-])c1)C1CCCO1. The van der Waals surface area contributed by atoms with Gasteiger partial charge in [0.1, 0.15) is 0 Å². The van der Waals surface area contributed by atoms with Gasteiger partial charge in [-0.05, 0) is 31.4 Å². The molecule has 0 bridgehead atoms. The number of halogens is 1. The second-order valence-corrected chi connectivity index (χ2v) is 5.71. The Kier molecular flexibility index (Phi) is 4.90. The van der Waals surface area contributed by atoms with Crippen LogP contribution in [0.1, 0.15) is 25.3 Å². The Morgan fingerprint density at radius 2 is 2.37 bits per heavy atom. The van der Waals surface area contributed by atoms with E-state index in [2.05, 4.69) is 28.2 Å². The molecule has 0 amide bonds. The van der Waals surface area contributed by atoms with Crippen molar-refractivity contribution in [3.05, 3.63) is 38.3 Å². The van der Waals surface area contributed by atoms with Gasteiger partial charge in [0.05, 0.1) is 11.0 Å². The maximum atomic E-state index is 10.8. The van der Waals surface area contributed by atoms with Crippen LogP contribution in [0.15, 0.2) is 22.7 Å². The van der Waals surface area contributed by atoms with Crippen LogP contribution in [0, 0.1) is 10.1 Å². The van der Waals surface area contributed by atoms with Gasteiger partial charge in [0.15, 0.2) is 0 Å². The molecule has 2 unspecified atom stereocenters.